The zero-order valence-corrected chi connectivity index (χ0v) is 12.5. The van der Waals surface area contributed by atoms with Crippen LogP contribution >= 0.6 is 15.9 Å². The van der Waals surface area contributed by atoms with Gasteiger partial charge >= 0.3 is 0 Å². The molecule has 1 heterocycles. The van der Waals surface area contributed by atoms with Gasteiger partial charge in [0.15, 0.2) is 5.82 Å². The van der Waals surface area contributed by atoms with Crippen LogP contribution in [0.2, 0.25) is 0 Å². The Morgan fingerprint density at radius 3 is 2.65 bits per heavy atom. The summed E-state index contributed by atoms with van der Waals surface area (Å²) >= 11 is 3.54. The Morgan fingerprint density at radius 2 is 2.06 bits per heavy atom. The molecule has 1 aliphatic carbocycles. The summed E-state index contributed by atoms with van der Waals surface area (Å²) in [4.78, 5) is 4.73. The highest BCUT2D eigenvalue weighted by Gasteiger charge is 2.30. The number of nitrogens with zero attached hydrogens (tertiary/aromatic N) is 2. The van der Waals surface area contributed by atoms with Crippen molar-refractivity contribution in [3.05, 3.63) is 11.7 Å². The summed E-state index contributed by atoms with van der Waals surface area (Å²) < 4.78 is 5.31. The lowest BCUT2D eigenvalue weighted by atomic mass is 9.73. The average Bonchev–Trinajstić information content (AvgIpc) is 2.77. The van der Waals surface area contributed by atoms with E-state index in [0.717, 1.165) is 18.1 Å². The molecular formula is C13H21BrN2O. The summed E-state index contributed by atoms with van der Waals surface area (Å²) in [6.45, 7) is 6.79. The first kappa shape index (κ1) is 13.1. The van der Waals surface area contributed by atoms with Gasteiger partial charge in [-0.1, -0.05) is 41.9 Å². The van der Waals surface area contributed by atoms with Gasteiger partial charge in [0.2, 0.25) is 5.89 Å². The van der Waals surface area contributed by atoms with E-state index >= 15 is 0 Å². The molecule has 0 bridgehead atoms. The van der Waals surface area contributed by atoms with Crippen molar-refractivity contribution >= 4 is 15.9 Å². The van der Waals surface area contributed by atoms with E-state index in [4.69, 9.17) is 4.52 Å². The molecule has 0 spiro atoms. The molecule has 1 aromatic rings. The molecule has 3 nitrogen and oxygen atoms in total. The van der Waals surface area contributed by atoms with Gasteiger partial charge in [0.1, 0.15) is 0 Å². The maximum Gasteiger partial charge on any atom is 0.240 e. The third-order valence-corrected chi connectivity index (χ3v) is 4.83. The van der Waals surface area contributed by atoms with Crippen LogP contribution in [-0.2, 0) is 0 Å². The first-order chi connectivity index (χ1) is 8.02. The van der Waals surface area contributed by atoms with Crippen LogP contribution in [0.4, 0.5) is 0 Å². The Hall–Kier alpha value is -0.380. The van der Waals surface area contributed by atoms with Gasteiger partial charge in [-0.3, -0.25) is 0 Å². The summed E-state index contributed by atoms with van der Waals surface area (Å²) in [5, 5.41) is 4.14. The minimum atomic E-state index is 0.198. The van der Waals surface area contributed by atoms with Crippen LogP contribution in [0.15, 0.2) is 4.52 Å². The van der Waals surface area contributed by atoms with Crippen LogP contribution in [0.25, 0.3) is 0 Å². The summed E-state index contributed by atoms with van der Waals surface area (Å²) in [5.41, 5.74) is 0.491. The molecule has 0 saturated heterocycles. The molecule has 0 amide bonds. The van der Waals surface area contributed by atoms with E-state index in [1.165, 1.54) is 25.7 Å². The second-order valence-electron chi connectivity index (χ2n) is 5.81. The lowest BCUT2D eigenvalue weighted by Gasteiger charge is -2.32. The van der Waals surface area contributed by atoms with E-state index in [1.54, 1.807) is 0 Å². The van der Waals surface area contributed by atoms with Gasteiger partial charge in [-0.25, -0.2) is 0 Å². The number of halogens is 1. The van der Waals surface area contributed by atoms with Crippen LogP contribution in [0.5, 0.6) is 0 Å². The van der Waals surface area contributed by atoms with Crippen LogP contribution in [0.3, 0.4) is 0 Å². The molecule has 1 saturated carbocycles. The average molecular weight is 301 g/mol. The Labute approximate surface area is 111 Å². The van der Waals surface area contributed by atoms with Crippen molar-refractivity contribution in [1.82, 2.24) is 10.1 Å². The number of aromatic nitrogens is 2. The fraction of sp³-hybridized carbons (Fsp3) is 0.846. The molecule has 96 valence electrons. The van der Waals surface area contributed by atoms with E-state index in [-0.39, 0.29) is 4.83 Å². The zero-order valence-electron chi connectivity index (χ0n) is 10.9. The molecule has 4 heteroatoms. The van der Waals surface area contributed by atoms with E-state index in [2.05, 4.69) is 46.8 Å². The SMILES string of the molecule is CCC(Br)c1nc(C2CCC(C)(C)CC2)no1. The molecular weight excluding hydrogens is 280 g/mol. The van der Waals surface area contributed by atoms with Crippen molar-refractivity contribution in [2.24, 2.45) is 5.41 Å². The van der Waals surface area contributed by atoms with Crippen molar-refractivity contribution in [3.63, 3.8) is 0 Å². The van der Waals surface area contributed by atoms with Crippen LogP contribution < -0.4 is 0 Å². The Bertz CT molecular complexity index is 365. The van der Waals surface area contributed by atoms with E-state index in [1.807, 2.05) is 0 Å². The predicted octanol–water partition coefficient (Wildman–Crippen LogP) is 4.60. The Morgan fingerprint density at radius 1 is 1.41 bits per heavy atom. The van der Waals surface area contributed by atoms with Gasteiger partial charge < -0.3 is 4.52 Å². The van der Waals surface area contributed by atoms with Crippen molar-refractivity contribution < 1.29 is 4.52 Å². The molecule has 0 radical (unpaired) electrons. The summed E-state index contributed by atoms with van der Waals surface area (Å²) in [6.07, 6.45) is 5.86. The normalized spacial score (nSPS) is 22.6. The first-order valence-corrected chi connectivity index (χ1v) is 7.41. The number of hydrogen-bond acceptors (Lipinski definition) is 3. The van der Waals surface area contributed by atoms with Gasteiger partial charge in [0.05, 0.1) is 4.83 Å². The molecule has 2 rings (SSSR count). The molecule has 0 N–H and O–H groups in total. The maximum atomic E-state index is 5.31. The lowest BCUT2D eigenvalue weighted by molar-refractivity contribution is 0.218. The highest BCUT2D eigenvalue weighted by atomic mass is 79.9. The highest BCUT2D eigenvalue weighted by Crippen LogP contribution is 2.41. The van der Waals surface area contributed by atoms with Gasteiger partial charge in [-0.15, -0.1) is 0 Å². The third-order valence-electron chi connectivity index (χ3n) is 3.79. The quantitative estimate of drug-likeness (QED) is 0.766. The predicted molar refractivity (Wildman–Crippen MR) is 71.2 cm³/mol. The third kappa shape index (κ3) is 3.09. The number of hydrogen-bond donors (Lipinski definition) is 0. The minimum Gasteiger partial charge on any atom is -0.338 e. The van der Waals surface area contributed by atoms with Crippen molar-refractivity contribution in [2.75, 3.05) is 0 Å². The molecule has 17 heavy (non-hydrogen) atoms. The van der Waals surface area contributed by atoms with Crippen molar-refractivity contribution in [1.29, 1.82) is 0 Å². The second-order valence-corrected chi connectivity index (χ2v) is 6.91. The Balaban J connectivity index is 2.01. The molecule has 0 aliphatic heterocycles. The van der Waals surface area contributed by atoms with E-state index in [0.29, 0.717) is 11.3 Å². The number of alkyl halides is 1. The zero-order chi connectivity index (χ0) is 12.5. The number of rotatable bonds is 3. The molecule has 1 atom stereocenters. The lowest BCUT2D eigenvalue weighted by Crippen LogP contribution is -2.20. The summed E-state index contributed by atoms with van der Waals surface area (Å²) in [6, 6.07) is 0. The molecule has 1 aromatic heterocycles. The summed E-state index contributed by atoms with van der Waals surface area (Å²) in [5.74, 6) is 2.14. The monoisotopic (exact) mass is 300 g/mol. The van der Waals surface area contributed by atoms with Gasteiger partial charge in [-0.05, 0) is 37.5 Å². The Kier molecular flexibility index (Phi) is 3.91. The minimum absolute atomic E-state index is 0.198. The maximum absolute atomic E-state index is 5.31. The van der Waals surface area contributed by atoms with Crippen LogP contribution in [-0.4, -0.2) is 10.1 Å². The first-order valence-electron chi connectivity index (χ1n) is 6.49. The van der Waals surface area contributed by atoms with Gasteiger partial charge in [0, 0.05) is 5.92 Å². The standard InChI is InChI=1S/C13H21BrN2O/c1-4-10(14)12-15-11(16-17-12)9-5-7-13(2,3)8-6-9/h9-10H,4-8H2,1-3H3. The molecule has 1 fully saturated rings. The highest BCUT2D eigenvalue weighted by molar-refractivity contribution is 9.09. The fourth-order valence-electron chi connectivity index (χ4n) is 2.37. The summed E-state index contributed by atoms with van der Waals surface area (Å²) in [7, 11) is 0. The van der Waals surface area contributed by atoms with Crippen molar-refractivity contribution in [2.45, 2.75) is 63.6 Å². The molecule has 1 unspecified atom stereocenters. The second kappa shape index (κ2) is 5.09. The van der Waals surface area contributed by atoms with Gasteiger partial charge in [0.25, 0.3) is 0 Å². The topological polar surface area (TPSA) is 38.9 Å². The van der Waals surface area contributed by atoms with Crippen LogP contribution in [0.1, 0.15) is 75.3 Å². The largest absolute Gasteiger partial charge is 0.338 e. The fourth-order valence-corrected chi connectivity index (χ4v) is 2.56. The van der Waals surface area contributed by atoms with Crippen LogP contribution in [0, 0.1) is 5.41 Å². The van der Waals surface area contributed by atoms with E-state index < -0.39 is 0 Å². The van der Waals surface area contributed by atoms with Gasteiger partial charge in [-0.2, -0.15) is 4.98 Å². The van der Waals surface area contributed by atoms with E-state index in [9.17, 15) is 0 Å². The molecule has 1 aliphatic rings. The smallest absolute Gasteiger partial charge is 0.240 e. The van der Waals surface area contributed by atoms with Crippen molar-refractivity contribution in [3.8, 4) is 0 Å². The molecule has 0 aromatic carbocycles.